The van der Waals surface area contributed by atoms with Gasteiger partial charge in [0.15, 0.2) is 0 Å². The van der Waals surface area contributed by atoms with E-state index in [4.69, 9.17) is 16.6 Å². The fourth-order valence-corrected chi connectivity index (χ4v) is 1.82. The third kappa shape index (κ3) is 3.14. The maximum absolute atomic E-state index is 10.5. The van der Waals surface area contributed by atoms with E-state index in [-0.39, 0.29) is 6.42 Å². The highest BCUT2D eigenvalue weighted by Crippen LogP contribution is 2.26. The van der Waals surface area contributed by atoms with Crippen molar-refractivity contribution in [2.24, 2.45) is 5.73 Å². The first-order valence-electron chi connectivity index (χ1n) is 4.45. The van der Waals surface area contributed by atoms with E-state index in [2.05, 4.69) is 0 Å². The topological polar surface area (TPSA) is 89.3 Å². The summed E-state index contributed by atoms with van der Waals surface area (Å²) in [6, 6.07) is 4.88. The number of carboxylic acid groups (broad SMARTS) is 1. The molecule has 1 aromatic rings. The molecule has 4 nitrogen and oxygen atoms in total. The predicted molar refractivity (Wildman–Crippen MR) is 61.8 cm³/mol. The molecule has 1 atom stereocenters. The number of nitrogens with two attached hydrogens (primary N) is 2. The van der Waals surface area contributed by atoms with Crippen LogP contribution in [0.4, 0.5) is 5.69 Å². The Kier molecular flexibility index (Phi) is 3.99. The van der Waals surface area contributed by atoms with Crippen molar-refractivity contribution in [2.75, 3.05) is 12.0 Å². The van der Waals surface area contributed by atoms with Crippen LogP contribution in [0.2, 0.25) is 0 Å². The molecule has 5 heteroatoms. The lowest BCUT2D eigenvalue weighted by Crippen LogP contribution is -2.15. The van der Waals surface area contributed by atoms with Crippen molar-refractivity contribution in [1.82, 2.24) is 0 Å². The van der Waals surface area contributed by atoms with Gasteiger partial charge in [0.2, 0.25) is 0 Å². The summed E-state index contributed by atoms with van der Waals surface area (Å²) in [5, 5.41) is 8.62. The fraction of sp³-hybridized carbons (Fsp3) is 0.300. The Morgan fingerprint density at radius 2 is 2.27 bits per heavy atom. The van der Waals surface area contributed by atoms with Crippen molar-refractivity contribution in [3.05, 3.63) is 23.8 Å². The van der Waals surface area contributed by atoms with Crippen LogP contribution >= 0.6 is 11.8 Å². The van der Waals surface area contributed by atoms with Crippen molar-refractivity contribution in [2.45, 2.75) is 17.4 Å². The summed E-state index contributed by atoms with van der Waals surface area (Å²) < 4.78 is 0. The molecule has 0 fully saturated rings. The van der Waals surface area contributed by atoms with Crippen LogP contribution in [0.25, 0.3) is 0 Å². The van der Waals surface area contributed by atoms with Crippen LogP contribution in [0, 0.1) is 0 Å². The largest absolute Gasteiger partial charge is 0.481 e. The molecule has 5 N–H and O–H groups in total. The van der Waals surface area contributed by atoms with Gasteiger partial charge in [0, 0.05) is 16.6 Å². The summed E-state index contributed by atoms with van der Waals surface area (Å²) in [7, 11) is 0. The van der Waals surface area contributed by atoms with E-state index in [0.29, 0.717) is 5.69 Å². The fourth-order valence-electron chi connectivity index (χ4n) is 1.26. The monoisotopic (exact) mass is 226 g/mol. The van der Waals surface area contributed by atoms with Crippen LogP contribution in [0.3, 0.4) is 0 Å². The summed E-state index contributed by atoms with van der Waals surface area (Å²) in [5.74, 6) is -0.898. The SMILES string of the molecule is CSc1cc(C(N)CC(=O)O)ccc1N. The van der Waals surface area contributed by atoms with E-state index in [1.165, 1.54) is 11.8 Å². The Morgan fingerprint density at radius 3 is 2.80 bits per heavy atom. The lowest BCUT2D eigenvalue weighted by Gasteiger charge is -2.11. The number of carbonyl (C=O) groups is 1. The Morgan fingerprint density at radius 1 is 1.60 bits per heavy atom. The number of carboxylic acids is 1. The van der Waals surface area contributed by atoms with Crippen molar-refractivity contribution in [3.8, 4) is 0 Å². The molecule has 0 aromatic heterocycles. The summed E-state index contributed by atoms with van der Waals surface area (Å²) in [6.45, 7) is 0. The zero-order valence-electron chi connectivity index (χ0n) is 8.43. The van der Waals surface area contributed by atoms with Gasteiger partial charge in [-0.3, -0.25) is 4.79 Å². The van der Waals surface area contributed by atoms with Gasteiger partial charge in [-0.2, -0.15) is 0 Å². The van der Waals surface area contributed by atoms with Gasteiger partial charge in [-0.25, -0.2) is 0 Å². The molecule has 1 aromatic carbocycles. The van der Waals surface area contributed by atoms with Crippen molar-refractivity contribution in [3.63, 3.8) is 0 Å². The second kappa shape index (κ2) is 5.04. The van der Waals surface area contributed by atoms with Crippen LogP contribution in [0.1, 0.15) is 18.0 Å². The highest BCUT2D eigenvalue weighted by atomic mass is 32.2. The molecular weight excluding hydrogens is 212 g/mol. The normalized spacial score (nSPS) is 12.4. The zero-order valence-corrected chi connectivity index (χ0v) is 9.25. The van der Waals surface area contributed by atoms with Crippen LogP contribution in [-0.4, -0.2) is 17.3 Å². The van der Waals surface area contributed by atoms with Crippen molar-refractivity contribution >= 4 is 23.4 Å². The van der Waals surface area contributed by atoms with Crippen LogP contribution in [-0.2, 0) is 4.79 Å². The molecule has 0 radical (unpaired) electrons. The lowest BCUT2D eigenvalue weighted by atomic mass is 10.0. The molecular formula is C10H14N2O2S. The molecule has 0 aliphatic heterocycles. The minimum absolute atomic E-state index is 0.0717. The number of thioether (sulfide) groups is 1. The van der Waals surface area contributed by atoms with Gasteiger partial charge >= 0.3 is 5.97 Å². The Labute approximate surface area is 92.6 Å². The summed E-state index contributed by atoms with van der Waals surface area (Å²) >= 11 is 1.52. The molecule has 0 amide bonds. The summed E-state index contributed by atoms with van der Waals surface area (Å²) in [6.07, 6.45) is 1.84. The first-order valence-corrected chi connectivity index (χ1v) is 5.68. The van der Waals surface area contributed by atoms with Crippen LogP contribution in [0.15, 0.2) is 23.1 Å². The van der Waals surface area contributed by atoms with Crippen molar-refractivity contribution in [1.29, 1.82) is 0 Å². The predicted octanol–water partition coefficient (Wildman–Crippen LogP) is 1.47. The van der Waals surface area contributed by atoms with Gasteiger partial charge < -0.3 is 16.6 Å². The number of benzene rings is 1. The number of aliphatic carboxylic acids is 1. The lowest BCUT2D eigenvalue weighted by molar-refractivity contribution is -0.137. The second-order valence-corrected chi connectivity index (χ2v) is 4.05. The van der Waals surface area contributed by atoms with Gasteiger partial charge in [0.05, 0.1) is 6.42 Å². The molecule has 1 rings (SSSR count). The standard InChI is InChI=1S/C10H14N2O2S/c1-15-9-4-6(2-3-7(9)11)8(12)5-10(13)14/h2-4,8H,5,11-12H2,1H3,(H,13,14). The first-order chi connectivity index (χ1) is 7.04. The van der Waals surface area contributed by atoms with Gasteiger partial charge in [-0.15, -0.1) is 11.8 Å². The molecule has 82 valence electrons. The smallest absolute Gasteiger partial charge is 0.305 e. The number of anilines is 1. The van der Waals surface area contributed by atoms with Crippen molar-refractivity contribution < 1.29 is 9.90 Å². The molecule has 1 unspecified atom stereocenters. The van der Waals surface area contributed by atoms with Crippen LogP contribution in [0.5, 0.6) is 0 Å². The first kappa shape index (κ1) is 11.9. The number of hydrogen-bond acceptors (Lipinski definition) is 4. The average molecular weight is 226 g/mol. The molecule has 0 aliphatic carbocycles. The molecule has 15 heavy (non-hydrogen) atoms. The minimum atomic E-state index is -0.898. The van der Waals surface area contributed by atoms with E-state index in [9.17, 15) is 4.79 Å². The molecule has 0 saturated carbocycles. The summed E-state index contributed by atoms with van der Waals surface area (Å²) in [5.41, 5.74) is 13.0. The third-order valence-corrected chi connectivity index (χ3v) is 2.87. The van der Waals surface area contributed by atoms with Crippen LogP contribution < -0.4 is 11.5 Å². The molecule has 0 heterocycles. The summed E-state index contributed by atoms with van der Waals surface area (Å²) in [4.78, 5) is 11.4. The number of hydrogen-bond donors (Lipinski definition) is 3. The number of rotatable bonds is 4. The van der Waals surface area contributed by atoms with Gasteiger partial charge in [-0.05, 0) is 24.0 Å². The van der Waals surface area contributed by atoms with Gasteiger partial charge in [-0.1, -0.05) is 6.07 Å². The maximum atomic E-state index is 10.5. The number of nitrogen functional groups attached to an aromatic ring is 1. The Balaban J connectivity index is 2.90. The van der Waals surface area contributed by atoms with E-state index in [1.54, 1.807) is 12.1 Å². The van der Waals surface area contributed by atoms with Gasteiger partial charge in [0.1, 0.15) is 0 Å². The van der Waals surface area contributed by atoms with E-state index in [0.717, 1.165) is 10.5 Å². The maximum Gasteiger partial charge on any atom is 0.305 e. The molecule has 0 bridgehead atoms. The highest BCUT2D eigenvalue weighted by molar-refractivity contribution is 7.98. The molecule has 0 saturated heterocycles. The second-order valence-electron chi connectivity index (χ2n) is 3.21. The Hall–Kier alpha value is -1.20. The van der Waals surface area contributed by atoms with E-state index < -0.39 is 12.0 Å². The quantitative estimate of drug-likeness (QED) is 0.534. The highest BCUT2D eigenvalue weighted by Gasteiger charge is 2.11. The zero-order chi connectivity index (χ0) is 11.4. The Bertz CT molecular complexity index is 368. The molecule has 0 aliphatic rings. The molecule has 0 spiro atoms. The van der Waals surface area contributed by atoms with Gasteiger partial charge in [0.25, 0.3) is 0 Å². The minimum Gasteiger partial charge on any atom is -0.481 e. The van der Waals surface area contributed by atoms with E-state index >= 15 is 0 Å². The average Bonchev–Trinajstić information content (AvgIpc) is 2.17. The van der Waals surface area contributed by atoms with E-state index in [1.807, 2.05) is 12.3 Å². The third-order valence-electron chi connectivity index (χ3n) is 2.08.